The number of aromatic nitrogens is 4. The number of amides is 1. The number of hydrogen-bond acceptors (Lipinski definition) is 7. The van der Waals surface area contributed by atoms with Gasteiger partial charge in [-0.25, -0.2) is 15.0 Å². The molecule has 0 saturated carbocycles. The average molecular weight is 630 g/mol. The minimum atomic E-state index is -4.40. The topological polar surface area (TPSA) is 88.4 Å². The molecule has 5 aromatic rings. The van der Waals surface area contributed by atoms with Crippen LogP contribution in [0, 0.1) is 0 Å². The van der Waals surface area contributed by atoms with Crippen LogP contribution in [0.4, 0.5) is 19.0 Å². The Bertz CT molecular complexity index is 1800. The number of methoxy groups -OCH3 is 1. The Kier molecular flexibility index (Phi) is 8.89. The first-order valence-electron chi connectivity index (χ1n) is 15.0. The van der Waals surface area contributed by atoms with E-state index in [2.05, 4.69) is 15.2 Å². The summed E-state index contributed by atoms with van der Waals surface area (Å²) < 4.78 is 46.4. The standard InChI is InChI=1S/C34H34F3N7O2/c1-42-17-19-43(20-18-42)33(45)26-9-7-25(8-10-26)30-40-31(38-16-15-23-5-13-28(46-2)14-6-23)29-32(41-30)44(22-39-29)21-24-3-11-27(12-4-24)34(35,36)37/h3-14,22H,15-21H2,1-2H3,(H,38,40,41). The quantitative estimate of drug-likeness (QED) is 0.227. The fourth-order valence-corrected chi connectivity index (χ4v) is 5.38. The predicted octanol–water partition coefficient (Wildman–Crippen LogP) is 5.61. The number of likely N-dealkylation sites (N-methyl/N-ethyl adjacent to an activating group) is 1. The normalized spacial score (nSPS) is 14.1. The molecule has 0 atom stereocenters. The molecule has 1 saturated heterocycles. The number of hydrogen-bond donors (Lipinski definition) is 1. The molecule has 6 rings (SSSR count). The van der Waals surface area contributed by atoms with E-state index < -0.39 is 11.7 Å². The molecular weight excluding hydrogens is 595 g/mol. The van der Waals surface area contributed by atoms with E-state index in [9.17, 15) is 18.0 Å². The van der Waals surface area contributed by atoms with Crippen LogP contribution in [0.5, 0.6) is 5.75 Å². The van der Waals surface area contributed by atoms with Crippen molar-refractivity contribution in [2.75, 3.05) is 52.2 Å². The van der Waals surface area contributed by atoms with E-state index in [-0.39, 0.29) is 12.5 Å². The number of nitrogens with one attached hydrogen (secondary N) is 1. The molecule has 3 aromatic carbocycles. The Morgan fingerprint density at radius 2 is 1.57 bits per heavy atom. The summed E-state index contributed by atoms with van der Waals surface area (Å²) in [5.74, 6) is 1.75. The molecule has 0 spiro atoms. The number of anilines is 1. The highest BCUT2D eigenvalue weighted by Gasteiger charge is 2.30. The number of imidazole rings is 1. The number of ether oxygens (including phenoxy) is 1. The van der Waals surface area contributed by atoms with Gasteiger partial charge in [0.2, 0.25) is 0 Å². The molecule has 0 aliphatic carbocycles. The third-order valence-corrected chi connectivity index (χ3v) is 8.14. The maximum Gasteiger partial charge on any atom is 0.416 e. The number of fused-ring (bicyclic) bond motifs is 1. The summed E-state index contributed by atoms with van der Waals surface area (Å²) in [5.41, 5.74) is 3.49. The van der Waals surface area contributed by atoms with Crippen molar-refractivity contribution in [3.05, 3.63) is 101 Å². The van der Waals surface area contributed by atoms with Gasteiger partial charge in [0, 0.05) is 43.9 Å². The third-order valence-electron chi connectivity index (χ3n) is 8.14. The molecule has 1 N–H and O–H groups in total. The lowest BCUT2D eigenvalue weighted by atomic mass is 10.1. The maximum atomic E-state index is 13.1. The largest absolute Gasteiger partial charge is 0.497 e. The number of carbonyl (C=O) groups excluding carboxylic acids is 1. The van der Waals surface area contributed by atoms with Crippen LogP contribution in [0.15, 0.2) is 79.1 Å². The van der Waals surface area contributed by atoms with Crippen LogP contribution in [0.3, 0.4) is 0 Å². The van der Waals surface area contributed by atoms with Gasteiger partial charge in [0.05, 0.1) is 25.5 Å². The molecule has 9 nitrogen and oxygen atoms in total. The van der Waals surface area contributed by atoms with Gasteiger partial charge in [-0.15, -0.1) is 0 Å². The Hall–Kier alpha value is -4.97. The lowest BCUT2D eigenvalue weighted by molar-refractivity contribution is -0.137. The summed E-state index contributed by atoms with van der Waals surface area (Å²) in [7, 11) is 3.68. The molecule has 0 bridgehead atoms. The van der Waals surface area contributed by atoms with Gasteiger partial charge in [-0.05, 0) is 61.0 Å². The lowest BCUT2D eigenvalue weighted by Gasteiger charge is -2.32. The summed E-state index contributed by atoms with van der Waals surface area (Å²) in [6.07, 6.45) is -2.06. The zero-order chi connectivity index (χ0) is 32.3. The average Bonchev–Trinajstić information content (AvgIpc) is 3.47. The molecule has 1 fully saturated rings. The van der Waals surface area contributed by atoms with Crippen molar-refractivity contribution in [1.29, 1.82) is 0 Å². The van der Waals surface area contributed by atoms with Gasteiger partial charge in [-0.2, -0.15) is 13.2 Å². The second-order valence-electron chi connectivity index (χ2n) is 11.3. The van der Waals surface area contributed by atoms with Gasteiger partial charge in [0.1, 0.15) is 11.3 Å². The Morgan fingerprint density at radius 1 is 0.891 bits per heavy atom. The lowest BCUT2D eigenvalue weighted by Crippen LogP contribution is -2.47. The molecular formula is C34H34F3N7O2. The van der Waals surface area contributed by atoms with Crippen LogP contribution >= 0.6 is 0 Å². The number of carbonyl (C=O) groups is 1. The van der Waals surface area contributed by atoms with Gasteiger partial charge >= 0.3 is 6.18 Å². The molecule has 0 radical (unpaired) electrons. The Balaban J connectivity index is 1.28. The van der Waals surface area contributed by atoms with E-state index in [0.29, 0.717) is 53.6 Å². The summed E-state index contributed by atoms with van der Waals surface area (Å²) in [6.45, 7) is 3.89. The highest BCUT2D eigenvalue weighted by molar-refractivity contribution is 5.95. The summed E-state index contributed by atoms with van der Waals surface area (Å²) in [5, 5.41) is 3.40. The summed E-state index contributed by atoms with van der Waals surface area (Å²) in [4.78, 5) is 31.4. The minimum Gasteiger partial charge on any atom is -0.497 e. The second kappa shape index (κ2) is 13.2. The second-order valence-corrected chi connectivity index (χ2v) is 11.3. The van der Waals surface area contributed by atoms with Crippen LogP contribution in [0.1, 0.15) is 27.0 Å². The number of nitrogens with zero attached hydrogens (tertiary/aromatic N) is 6. The fraction of sp³-hybridized carbons (Fsp3) is 0.294. The van der Waals surface area contributed by atoms with Crippen molar-refractivity contribution >= 4 is 22.9 Å². The molecule has 12 heteroatoms. The first-order chi connectivity index (χ1) is 22.2. The maximum absolute atomic E-state index is 13.1. The highest BCUT2D eigenvalue weighted by atomic mass is 19.4. The van der Waals surface area contributed by atoms with Crippen LogP contribution in [-0.4, -0.2) is 82.1 Å². The molecule has 2 aromatic heterocycles. The Labute approximate surface area is 264 Å². The molecule has 0 unspecified atom stereocenters. The monoisotopic (exact) mass is 629 g/mol. The molecule has 1 amide bonds. The van der Waals surface area contributed by atoms with Gasteiger partial charge in [-0.1, -0.05) is 36.4 Å². The molecule has 3 heterocycles. The van der Waals surface area contributed by atoms with Crippen LogP contribution in [-0.2, 0) is 19.1 Å². The number of rotatable bonds is 9. The van der Waals surface area contributed by atoms with Crippen molar-refractivity contribution in [2.24, 2.45) is 0 Å². The smallest absolute Gasteiger partial charge is 0.416 e. The minimum absolute atomic E-state index is 0.00785. The number of benzene rings is 3. The molecule has 1 aliphatic heterocycles. The van der Waals surface area contributed by atoms with Crippen molar-refractivity contribution in [1.82, 2.24) is 29.3 Å². The van der Waals surface area contributed by atoms with Crippen molar-refractivity contribution in [3.8, 4) is 17.1 Å². The van der Waals surface area contributed by atoms with Crippen LogP contribution < -0.4 is 10.1 Å². The van der Waals surface area contributed by atoms with Gasteiger partial charge in [-0.3, -0.25) is 4.79 Å². The zero-order valence-electron chi connectivity index (χ0n) is 25.6. The van der Waals surface area contributed by atoms with E-state index in [1.165, 1.54) is 12.1 Å². The first-order valence-corrected chi connectivity index (χ1v) is 15.0. The fourth-order valence-electron chi connectivity index (χ4n) is 5.38. The van der Waals surface area contributed by atoms with Crippen molar-refractivity contribution in [3.63, 3.8) is 0 Å². The zero-order valence-corrected chi connectivity index (χ0v) is 25.6. The molecule has 238 valence electrons. The first kappa shape index (κ1) is 31.0. The van der Waals surface area contributed by atoms with E-state index >= 15 is 0 Å². The van der Waals surface area contributed by atoms with Crippen molar-refractivity contribution in [2.45, 2.75) is 19.1 Å². The van der Waals surface area contributed by atoms with Crippen molar-refractivity contribution < 1.29 is 22.7 Å². The summed E-state index contributed by atoms with van der Waals surface area (Å²) in [6, 6.07) is 20.2. The van der Waals surface area contributed by atoms with Gasteiger partial charge < -0.3 is 24.4 Å². The molecule has 46 heavy (non-hydrogen) atoms. The van der Waals surface area contributed by atoms with Gasteiger partial charge in [0.15, 0.2) is 17.3 Å². The Morgan fingerprint density at radius 3 is 2.22 bits per heavy atom. The highest BCUT2D eigenvalue weighted by Crippen LogP contribution is 2.30. The summed E-state index contributed by atoms with van der Waals surface area (Å²) >= 11 is 0. The number of halogens is 3. The van der Waals surface area contributed by atoms with E-state index in [1.54, 1.807) is 30.1 Å². The number of piperazine rings is 1. The van der Waals surface area contributed by atoms with E-state index in [1.807, 2.05) is 48.3 Å². The predicted molar refractivity (Wildman–Crippen MR) is 170 cm³/mol. The third kappa shape index (κ3) is 6.96. The van der Waals surface area contributed by atoms with E-state index in [0.717, 1.165) is 48.5 Å². The number of alkyl halides is 3. The SMILES string of the molecule is COc1ccc(CCNc2nc(-c3ccc(C(=O)N4CCN(C)CC4)cc3)nc3c2ncn3Cc2ccc(C(F)(F)F)cc2)cc1. The van der Waals surface area contributed by atoms with E-state index in [4.69, 9.17) is 14.7 Å². The van der Waals surface area contributed by atoms with Crippen LogP contribution in [0.25, 0.3) is 22.6 Å². The van der Waals surface area contributed by atoms with Crippen LogP contribution in [0.2, 0.25) is 0 Å². The molecule has 1 aliphatic rings. The van der Waals surface area contributed by atoms with Gasteiger partial charge in [0.25, 0.3) is 5.91 Å².